The first-order valence-corrected chi connectivity index (χ1v) is 15.8. The monoisotopic (exact) mass is 556 g/mol. The molecule has 8 nitrogen and oxygen atoms in total. The number of amides is 1. The standard InChI is InChI=1S/C30H44N4O4S/c1-22(2)11-16-33-17-12-26(13-18-33)21-31-30(35)27-14-19-34(20-15-27)39(36,37)29-24(4)32-38-28(29)10-9-25-7-5-23(3)6-8-25/h5-10,22,26-27H,11-21H2,1-4H3,(H,31,35)/b10-9+. The average molecular weight is 557 g/mol. The molecule has 1 aromatic carbocycles. The molecule has 1 N–H and O–H groups in total. The van der Waals surface area contributed by atoms with E-state index in [0.717, 1.165) is 49.5 Å². The third-order valence-corrected chi connectivity index (χ3v) is 10.1. The van der Waals surface area contributed by atoms with E-state index < -0.39 is 10.0 Å². The Balaban J connectivity index is 1.27. The third kappa shape index (κ3) is 7.80. The first-order chi connectivity index (χ1) is 18.6. The molecule has 2 aliphatic rings. The normalized spacial score (nSPS) is 18.8. The van der Waals surface area contributed by atoms with Gasteiger partial charge >= 0.3 is 0 Å². The zero-order chi connectivity index (χ0) is 28.0. The highest BCUT2D eigenvalue weighted by atomic mass is 32.2. The molecule has 0 radical (unpaired) electrons. The molecule has 0 spiro atoms. The molecule has 2 aliphatic heterocycles. The maximum Gasteiger partial charge on any atom is 0.248 e. The number of nitrogens with zero attached hydrogens (tertiary/aromatic N) is 3. The number of aryl methyl sites for hydroxylation is 2. The van der Waals surface area contributed by atoms with Gasteiger partial charge in [0.2, 0.25) is 15.9 Å². The van der Waals surface area contributed by atoms with E-state index in [2.05, 4.69) is 29.2 Å². The number of carbonyl (C=O) groups is 1. The summed E-state index contributed by atoms with van der Waals surface area (Å²) in [6, 6.07) is 7.94. The summed E-state index contributed by atoms with van der Waals surface area (Å²) in [6.45, 7) is 12.9. The lowest BCUT2D eigenvalue weighted by atomic mass is 9.94. The predicted molar refractivity (Wildman–Crippen MR) is 154 cm³/mol. The summed E-state index contributed by atoms with van der Waals surface area (Å²) in [7, 11) is -3.80. The second-order valence-corrected chi connectivity index (χ2v) is 13.5. The minimum absolute atomic E-state index is 0.0529. The fraction of sp³-hybridized carbons (Fsp3) is 0.600. The molecule has 9 heteroatoms. The van der Waals surface area contributed by atoms with Gasteiger partial charge in [-0.3, -0.25) is 4.79 Å². The summed E-state index contributed by atoms with van der Waals surface area (Å²) in [5.74, 6) is 1.37. The van der Waals surface area contributed by atoms with E-state index in [1.165, 1.54) is 10.7 Å². The van der Waals surface area contributed by atoms with Crippen molar-refractivity contribution >= 4 is 28.1 Å². The number of benzene rings is 1. The van der Waals surface area contributed by atoms with Gasteiger partial charge in [-0.05, 0) is 89.1 Å². The van der Waals surface area contributed by atoms with E-state index in [-0.39, 0.29) is 22.5 Å². The van der Waals surface area contributed by atoms with Crippen LogP contribution in [-0.2, 0) is 14.8 Å². The third-order valence-electron chi connectivity index (χ3n) is 8.06. The minimum atomic E-state index is -3.80. The number of carbonyl (C=O) groups excluding carboxylic acids is 1. The van der Waals surface area contributed by atoms with E-state index in [0.29, 0.717) is 44.1 Å². The lowest BCUT2D eigenvalue weighted by Crippen LogP contribution is -2.45. The van der Waals surface area contributed by atoms with Crippen molar-refractivity contribution in [3.05, 3.63) is 46.8 Å². The minimum Gasteiger partial charge on any atom is -0.356 e. The van der Waals surface area contributed by atoms with Crippen molar-refractivity contribution in [2.45, 2.75) is 64.7 Å². The van der Waals surface area contributed by atoms with Crippen LogP contribution in [0.25, 0.3) is 12.2 Å². The number of rotatable bonds is 10. The maximum absolute atomic E-state index is 13.6. The van der Waals surface area contributed by atoms with Crippen molar-refractivity contribution < 1.29 is 17.7 Å². The zero-order valence-electron chi connectivity index (χ0n) is 23.9. The van der Waals surface area contributed by atoms with Crippen molar-refractivity contribution in [3.8, 4) is 0 Å². The Hall–Kier alpha value is -2.49. The molecule has 1 aromatic heterocycles. The Morgan fingerprint density at radius 1 is 1.05 bits per heavy atom. The summed E-state index contributed by atoms with van der Waals surface area (Å²) < 4.78 is 34.0. The largest absolute Gasteiger partial charge is 0.356 e. The molecule has 1 amide bonds. The molecule has 2 saturated heterocycles. The van der Waals surface area contributed by atoms with E-state index in [1.54, 1.807) is 13.0 Å². The molecule has 0 saturated carbocycles. The topological polar surface area (TPSA) is 95.8 Å². The Labute approximate surface area is 233 Å². The van der Waals surface area contributed by atoms with Crippen LogP contribution in [0.2, 0.25) is 0 Å². The Morgan fingerprint density at radius 3 is 2.36 bits per heavy atom. The van der Waals surface area contributed by atoms with Crippen LogP contribution in [0.5, 0.6) is 0 Å². The lowest BCUT2D eigenvalue weighted by Gasteiger charge is -2.33. The van der Waals surface area contributed by atoms with E-state index in [1.807, 2.05) is 37.3 Å². The lowest BCUT2D eigenvalue weighted by molar-refractivity contribution is -0.126. The molecule has 0 bridgehead atoms. The molecule has 214 valence electrons. The van der Waals surface area contributed by atoms with Gasteiger partial charge < -0.3 is 14.7 Å². The van der Waals surface area contributed by atoms with Crippen LogP contribution in [0.15, 0.2) is 33.7 Å². The molecule has 0 unspecified atom stereocenters. The summed E-state index contributed by atoms with van der Waals surface area (Å²) in [6.07, 6.45) is 7.98. The summed E-state index contributed by atoms with van der Waals surface area (Å²) in [5.41, 5.74) is 2.44. The molecule has 2 aromatic rings. The van der Waals surface area contributed by atoms with Crippen molar-refractivity contribution in [2.24, 2.45) is 17.8 Å². The Morgan fingerprint density at radius 2 is 1.72 bits per heavy atom. The fourth-order valence-electron chi connectivity index (χ4n) is 5.38. The maximum atomic E-state index is 13.6. The first kappa shape index (κ1) is 29.5. The highest BCUT2D eigenvalue weighted by Gasteiger charge is 2.36. The number of piperidine rings is 2. The van der Waals surface area contributed by atoms with E-state index >= 15 is 0 Å². The second-order valence-electron chi connectivity index (χ2n) is 11.6. The van der Waals surface area contributed by atoms with E-state index in [9.17, 15) is 13.2 Å². The molecule has 0 aliphatic carbocycles. The summed E-state index contributed by atoms with van der Waals surface area (Å²) in [5, 5.41) is 7.10. The molecule has 39 heavy (non-hydrogen) atoms. The van der Waals surface area contributed by atoms with Gasteiger partial charge in [0.1, 0.15) is 5.69 Å². The average Bonchev–Trinajstić information content (AvgIpc) is 3.31. The van der Waals surface area contributed by atoms with Crippen molar-refractivity contribution in [1.82, 2.24) is 19.7 Å². The van der Waals surface area contributed by atoms with Crippen LogP contribution in [-0.4, -0.2) is 68.0 Å². The summed E-state index contributed by atoms with van der Waals surface area (Å²) >= 11 is 0. The highest BCUT2D eigenvalue weighted by molar-refractivity contribution is 7.89. The molecular weight excluding hydrogens is 512 g/mol. The highest BCUT2D eigenvalue weighted by Crippen LogP contribution is 2.29. The first-order valence-electron chi connectivity index (χ1n) is 14.3. The van der Waals surface area contributed by atoms with Crippen molar-refractivity contribution in [2.75, 3.05) is 39.3 Å². The predicted octanol–water partition coefficient (Wildman–Crippen LogP) is 4.74. The zero-order valence-corrected chi connectivity index (χ0v) is 24.7. The molecule has 0 atom stereocenters. The second kappa shape index (κ2) is 13.2. The van der Waals surface area contributed by atoms with Gasteiger partial charge in [-0.1, -0.05) is 54.9 Å². The van der Waals surface area contributed by atoms with Gasteiger partial charge in [-0.15, -0.1) is 0 Å². The number of hydrogen-bond acceptors (Lipinski definition) is 6. The SMILES string of the molecule is Cc1ccc(/C=C/c2onc(C)c2S(=O)(=O)N2CCC(C(=O)NCC3CCN(CCC(C)C)CC3)CC2)cc1. The Kier molecular flexibility index (Phi) is 10.0. The number of hydrogen-bond donors (Lipinski definition) is 1. The molecular formula is C30H44N4O4S. The Bertz CT molecular complexity index is 1220. The number of sulfonamides is 1. The van der Waals surface area contributed by atoms with Gasteiger partial charge in [0.05, 0.1) is 0 Å². The quantitative estimate of drug-likeness (QED) is 0.454. The molecule has 2 fully saturated rings. The van der Waals surface area contributed by atoms with E-state index in [4.69, 9.17) is 4.52 Å². The summed E-state index contributed by atoms with van der Waals surface area (Å²) in [4.78, 5) is 15.5. The number of aromatic nitrogens is 1. The van der Waals surface area contributed by atoms with Gasteiger partial charge in [-0.2, -0.15) is 4.31 Å². The van der Waals surface area contributed by atoms with Crippen LogP contribution < -0.4 is 5.32 Å². The van der Waals surface area contributed by atoms with Crippen LogP contribution in [0.3, 0.4) is 0 Å². The van der Waals surface area contributed by atoms with Crippen LogP contribution in [0, 0.1) is 31.6 Å². The van der Waals surface area contributed by atoms with Crippen LogP contribution in [0.4, 0.5) is 0 Å². The number of likely N-dealkylation sites (tertiary alicyclic amines) is 1. The van der Waals surface area contributed by atoms with Crippen molar-refractivity contribution in [3.63, 3.8) is 0 Å². The van der Waals surface area contributed by atoms with Gasteiger partial charge in [0, 0.05) is 25.6 Å². The van der Waals surface area contributed by atoms with Gasteiger partial charge in [-0.25, -0.2) is 8.42 Å². The fourth-order valence-corrected chi connectivity index (χ4v) is 7.10. The molecule has 3 heterocycles. The molecule has 4 rings (SSSR count). The smallest absolute Gasteiger partial charge is 0.248 e. The van der Waals surface area contributed by atoms with Crippen LogP contribution >= 0.6 is 0 Å². The van der Waals surface area contributed by atoms with Gasteiger partial charge in [0.25, 0.3) is 0 Å². The van der Waals surface area contributed by atoms with Crippen LogP contribution in [0.1, 0.15) is 68.5 Å². The van der Waals surface area contributed by atoms with Crippen molar-refractivity contribution in [1.29, 1.82) is 0 Å². The van der Waals surface area contributed by atoms with Gasteiger partial charge in [0.15, 0.2) is 10.7 Å². The number of nitrogens with one attached hydrogen (secondary N) is 1.